The molecule has 0 saturated heterocycles. The van der Waals surface area contributed by atoms with E-state index in [4.69, 9.17) is 0 Å². The Morgan fingerprint density at radius 2 is 1.88 bits per heavy atom. The first-order valence-electron chi connectivity index (χ1n) is 5.07. The zero-order valence-electron chi connectivity index (χ0n) is 10.0. The number of benzene rings is 1. The highest BCUT2D eigenvalue weighted by Gasteiger charge is 2.17. The number of carbonyl (C=O) groups is 2. The molecule has 16 heavy (non-hydrogen) atoms. The van der Waals surface area contributed by atoms with E-state index in [-0.39, 0.29) is 5.41 Å². The normalized spacial score (nSPS) is 11.0. The van der Waals surface area contributed by atoms with Crippen LogP contribution < -0.4 is 0 Å². The molecule has 0 aromatic heterocycles. The maximum Gasteiger partial charge on any atom is 0.337 e. The molecule has 1 aromatic rings. The van der Waals surface area contributed by atoms with Crippen molar-refractivity contribution in [1.29, 1.82) is 0 Å². The van der Waals surface area contributed by atoms with Crippen molar-refractivity contribution in [3.8, 4) is 0 Å². The molecule has 0 spiro atoms. The number of esters is 1. The number of hydrogen-bond acceptors (Lipinski definition) is 3. The molecule has 0 saturated carbocycles. The van der Waals surface area contributed by atoms with Gasteiger partial charge in [-0.1, -0.05) is 20.8 Å². The Morgan fingerprint density at radius 3 is 2.31 bits per heavy atom. The van der Waals surface area contributed by atoms with Crippen molar-refractivity contribution in [2.24, 2.45) is 0 Å². The summed E-state index contributed by atoms with van der Waals surface area (Å²) in [4.78, 5) is 22.2. The van der Waals surface area contributed by atoms with Crippen LogP contribution in [0, 0.1) is 0 Å². The summed E-state index contributed by atoms with van der Waals surface area (Å²) in [5, 5.41) is 0. The summed E-state index contributed by atoms with van der Waals surface area (Å²) in [5.74, 6) is -0.422. The van der Waals surface area contributed by atoms with Crippen molar-refractivity contribution in [2.45, 2.75) is 26.2 Å². The van der Waals surface area contributed by atoms with Gasteiger partial charge in [-0.25, -0.2) is 4.79 Å². The van der Waals surface area contributed by atoms with Gasteiger partial charge in [-0.15, -0.1) is 0 Å². The predicted molar refractivity (Wildman–Crippen MR) is 61.9 cm³/mol. The highest BCUT2D eigenvalue weighted by Crippen LogP contribution is 2.24. The maximum atomic E-state index is 11.4. The van der Waals surface area contributed by atoms with Crippen molar-refractivity contribution in [3.05, 3.63) is 34.9 Å². The minimum Gasteiger partial charge on any atom is -0.465 e. The molecule has 0 fully saturated rings. The van der Waals surface area contributed by atoms with Gasteiger partial charge in [0.2, 0.25) is 0 Å². The van der Waals surface area contributed by atoms with Crippen LogP contribution in [0.1, 0.15) is 47.1 Å². The van der Waals surface area contributed by atoms with Crippen LogP contribution in [0.15, 0.2) is 18.2 Å². The molecule has 0 aliphatic carbocycles. The van der Waals surface area contributed by atoms with E-state index >= 15 is 0 Å². The van der Waals surface area contributed by atoms with Gasteiger partial charge in [0.25, 0.3) is 0 Å². The number of carbonyl (C=O) groups excluding carboxylic acids is 2. The molecule has 1 aromatic carbocycles. The average Bonchev–Trinajstić information content (AvgIpc) is 2.26. The van der Waals surface area contributed by atoms with Gasteiger partial charge in [0.15, 0.2) is 0 Å². The molecule has 0 bridgehead atoms. The van der Waals surface area contributed by atoms with E-state index in [9.17, 15) is 9.59 Å². The van der Waals surface area contributed by atoms with Gasteiger partial charge in [-0.2, -0.15) is 0 Å². The van der Waals surface area contributed by atoms with E-state index in [2.05, 4.69) is 4.74 Å². The van der Waals surface area contributed by atoms with Crippen molar-refractivity contribution >= 4 is 12.3 Å². The van der Waals surface area contributed by atoms with Gasteiger partial charge in [-0.05, 0) is 29.2 Å². The molecule has 1 rings (SSSR count). The number of aldehydes is 1. The second kappa shape index (κ2) is 4.47. The van der Waals surface area contributed by atoms with Crippen LogP contribution in [0.25, 0.3) is 0 Å². The Morgan fingerprint density at radius 1 is 1.25 bits per heavy atom. The molecule has 86 valence electrons. The van der Waals surface area contributed by atoms with Gasteiger partial charge in [0.1, 0.15) is 6.29 Å². The molecule has 0 aliphatic heterocycles. The first kappa shape index (κ1) is 12.4. The zero-order valence-corrected chi connectivity index (χ0v) is 10.0. The molecule has 3 heteroatoms. The molecule has 0 radical (unpaired) electrons. The maximum absolute atomic E-state index is 11.4. The smallest absolute Gasteiger partial charge is 0.337 e. The van der Waals surface area contributed by atoms with Gasteiger partial charge in [0.05, 0.1) is 12.7 Å². The lowest BCUT2D eigenvalue weighted by atomic mass is 9.85. The minimum absolute atomic E-state index is 0.109. The van der Waals surface area contributed by atoms with Crippen LogP contribution >= 0.6 is 0 Å². The van der Waals surface area contributed by atoms with Crippen LogP contribution in [-0.2, 0) is 10.2 Å². The Kier molecular flexibility index (Phi) is 3.48. The van der Waals surface area contributed by atoms with Crippen LogP contribution in [0.3, 0.4) is 0 Å². The third kappa shape index (κ3) is 2.69. The summed E-state index contributed by atoms with van der Waals surface area (Å²) in [5.41, 5.74) is 1.74. The predicted octanol–water partition coefficient (Wildman–Crippen LogP) is 2.58. The highest BCUT2D eigenvalue weighted by atomic mass is 16.5. The van der Waals surface area contributed by atoms with Crippen molar-refractivity contribution in [1.82, 2.24) is 0 Å². The van der Waals surface area contributed by atoms with E-state index in [0.717, 1.165) is 11.8 Å². The second-order valence-corrected chi connectivity index (χ2v) is 4.70. The van der Waals surface area contributed by atoms with E-state index in [1.807, 2.05) is 20.8 Å². The monoisotopic (exact) mass is 220 g/mol. The van der Waals surface area contributed by atoms with Gasteiger partial charge in [-0.3, -0.25) is 4.79 Å². The third-order valence-corrected chi connectivity index (χ3v) is 2.38. The molecule has 0 atom stereocenters. The van der Waals surface area contributed by atoms with Crippen LogP contribution in [0.2, 0.25) is 0 Å². The minimum atomic E-state index is -0.422. The fourth-order valence-corrected chi connectivity index (χ4v) is 1.39. The lowest BCUT2D eigenvalue weighted by Crippen LogP contribution is -2.13. The van der Waals surface area contributed by atoms with E-state index < -0.39 is 5.97 Å². The molecular formula is C13H16O3. The first-order chi connectivity index (χ1) is 7.38. The molecular weight excluding hydrogens is 204 g/mol. The summed E-state index contributed by atoms with van der Waals surface area (Å²) in [7, 11) is 1.33. The van der Waals surface area contributed by atoms with Gasteiger partial charge < -0.3 is 4.74 Å². The SMILES string of the molecule is COC(=O)c1cc(C=O)cc(C(C)(C)C)c1. The number of methoxy groups -OCH3 is 1. The molecule has 0 unspecified atom stereocenters. The largest absolute Gasteiger partial charge is 0.465 e. The van der Waals surface area contributed by atoms with E-state index in [1.54, 1.807) is 12.1 Å². The quantitative estimate of drug-likeness (QED) is 0.568. The Balaban J connectivity index is 3.32. The highest BCUT2D eigenvalue weighted by molar-refractivity contribution is 5.92. The van der Waals surface area contributed by atoms with Crippen molar-refractivity contribution in [3.63, 3.8) is 0 Å². The summed E-state index contributed by atoms with van der Waals surface area (Å²) in [6.07, 6.45) is 0.738. The van der Waals surface area contributed by atoms with Gasteiger partial charge >= 0.3 is 5.97 Å². The third-order valence-electron chi connectivity index (χ3n) is 2.38. The first-order valence-corrected chi connectivity index (χ1v) is 5.07. The lowest BCUT2D eigenvalue weighted by Gasteiger charge is -2.20. The summed E-state index contributed by atoms with van der Waals surface area (Å²) in [6, 6.07) is 5.09. The molecule has 0 aliphatic rings. The molecule has 0 N–H and O–H groups in total. The molecule has 0 heterocycles. The number of hydrogen-bond donors (Lipinski definition) is 0. The summed E-state index contributed by atoms with van der Waals surface area (Å²) in [6.45, 7) is 6.08. The van der Waals surface area contributed by atoms with E-state index in [1.165, 1.54) is 13.2 Å². The van der Waals surface area contributed by atoms with Crippen LogP contribution in [-0.4, -0.2) is 19.4 Å². The number of ether oxygens (including phenoxy) is 1. The van der Waals surface area contributed by atoms with Gasteiger partial charge in [0, 0.05) is 5.56 Å². The van der Waals surface area contributed by atoms with Crippen LogP contribution in [0.5, 0.6) is 0 Å². The fraction of sp³-hybridized carbons (Fsp3) is 0.385. The van der Waals surface area contributed by atoms with Crippen molar-refractivity contribution < 1.29 is 14.3 Å². The lowest BCUT2D eigenvalue weighted by molar-refractivity contribution is 0.0600. The molecule has 0 amide bonds. The second-order valence-electron chi connectivity index (χ2n) is 4.70. The Labute approximate surface area is 95.4 Å². The van der Waals surface area contributed by atoms with Crippen LogP contribution in [0.4, 0.5) is 0 Å². The van der Waals surface area contributed by atoms with E-state index in [0.29, 0.717) is 11.1 Å². The summed E-state index contributed by atoms with van der Waals surface area (Å²) < 4.78 is 4.65. The number of rotatable bonds is 2. The molecule has 3 nitrogen and oxygen atoms in total. The topological polar surface area (TPSA) is 43.4 Å². The Bertz CT molecular complexity index is 414. The summed E-state index contributed by atoms with van der Waals surface area (Å²) >= 11 is 0. The zero-order chi connectivity index (χ0) is 12.3. The Hall–Kier alpha value is -1.64. The fourth-order valence-electron chi connectivity index (χ4n) is 1.39. The average molecular weight is 220 g/mol. The van der Waals surface area contributed by atoms with Crippen molar-refractivity contribution in [2.75, 3.05) is 7.11 Å². The standard InChI is InChI=1S/C13H16O3/c1-13(2,3)11-6-9(8-14)5-10(7-11)12(15)16-4/h5-8H,1-4H3.